The number of ether oxygens (including phenoxy) is 2. The molecule has 1 aromatic rings. The van der Waals surface area contributed by atoms with E-state index in [0.29, 0.717) is 13.2 Å². The Kier molecular flexibility index (Phi) is 6.95. The summed E-state index contributed by atoms with van der Waals surface area (Å²) in [4.78, 5) is 3.28. The van der Waals surface area contributed by atoms with Crippen LogP contribution in [0.1, 0.15) is 5.56 Å². The van der Waals surface area contributed by atoms with Crippen molar-refractivity contribution in [3.8, 4) is 5.75 Å². The minimum atomic E-state index is 0.00574. The van der Waals surface area contributed by atoms with E-state index in [1.165, 1.54) is 26.2 Å². The molecule has 1 aliphatic heterocycles. The number of aliphatic hydroxyl groups excluding tert-OH is 1. The second-order valence-electron chi connectivity index (χ2n) is 5.68. The molecule has 0 bridgehead atoms. The Hall–Kier alpha value is -1.14. The zero-order chi connectivity index (χ0) is 14.9. The Morgan fingerprint density at radius 1 is 1.05 bits per heavy atom. The molecule has 0 radical (unpaired) electrons. The van der Waals surface area contributed by atoms with Crippen molar-refractivity contribution in [3.63, 3.8) is 0 Å². The molecule has 1 fully saturated rings. The maximum absolute atomic E-state index is 9.21. The van der Waals surface area contributed by atoms with Gasteiger partial charge in [0.05, 0.1) is 26.9 Å². The number of benzene rings is 1. The predicted molar refractivity (Wildman–Crippen MR) is 80.9 cm³/mol. The summed E-state index contributed by atoms with van der Waals surface area (Å²) in [6, 6.07) is 7.56. The van der Waals surface area contributed by atoms with Crippen LogP contribution in [0.25, 0.3) is 0 Å². The molecule has 0 aliphatic carbocycles. The number of quaternary nitrogens is 2. The number of likely N-dealkylation sites (N-methyl/N-ethyl adjacent to an activating group) is 1. The van der Waals surface area contributed by atoms with E-state index < -0.39 is 0 Å². The lowest BCUT2D eigenvalue weighted by Crippen LogP contribution is -3.27. The molecule has 0 atom stereocenters. The van der Waals surface area contributed by atoms with Crippen molar-refractivity contribution in [1.29, 1.82) is 0 Å². The van der Waals surface area contributed by atoms with Crippen LogP contribution in [0.15, 0.2) is 24.3 Å². The number of aliphatic hydroxyl groups is 1. The molecular formula is C16H28N2O3+2. The van der Waals surface area contributed by atoms with Crippen molar-refractivity contribution < 1.29 is 24.4 Å². The molecule has 118 valence electrons. The fourth-order valence-electron chi connectivity index (χ4n) is 2.58. The number of hydrogen-bond donors (Lipinski definition) is 3. The van der Waals surface area contributed by atoms with Crippen LogP contribution in [0.3, 0.4) is 0 Å². The van der Waals surface area contributed by atoms with E-state index in [1.807, 2.05) is 24.3 Å². The fourth-order valence-corrected chi connectivity index (χ4v) is 2.58. The number of piperazine rings is 1. The highest BCUT2D eigenvalue weighted by molar-refractivity contribution is 5.32. The summed E-state index contributed by atoms with van der Waals surface area (Å²) in [5, 5.41) is 9.21. The van der Waals surface area contributed by atoms with Crippen LogP contribution in [0.4, 0.5) is 0 Å². The second-order valence-corrected chi connectivity index (χ2v) is 5.68. The van der Waals surface area contributed by atoms with Crippen molar-refractivity contribution in [2.45, 2.75) is 6.61 Å². The summed E-state index contributed by atoms with van der Waals surface area (Å²) in [5.41, 5.74) is 0.821. The topological polar surface area (TPSA) is 47.6 Å². The highest BCUT2D eigenvalue weighted by Gasteiger charge is 2.18. The monoisotopic (exact) mass is 296 g/mol. The Morgan fingerprint density at radius 3 is 2.57 bits per heavy atom. The van der Waals surface area contributed by atoms with E-state index >= 15 is 0 Å². The van der Waals surface area contributed by atoms with E-state index in [9.17, 15) is 5.11 Å². The first-order chi connectivity index (χ1) is 10.3. The molecule has 0 saturated carbocycles. The van der Waals surface area contributed by atoms with Gasteiger partial charge in [0.15, 0.2) is 0 Å². The van der Waals surface area contributed by atoms with E-state index in [1.54, 1.807) is 9.80 Å². The normalized spacial score (nSPS) is 22.2. The van der Waals surface area contributed by atoms with Gasteiger partial charge in [-0.15, -0.1) is 0 Å². The molecule has 0 spiro atoms. The quantitative estimate of drug-likeness (QED) is 0.486. The Morgan fingerprint density at radius 2 is 1.81 bits per heavy atom. The van der Waals surface area contributed by atoms with Gasteiger partial charge < -0.3 is 24.4 Å². The average Bonchev–Trinajstić information content (AvgIpc) is 2.53. The van der Waals surface area contributed by atoms with Gasteiger partial charge in [-0.2, -0.15) is 0 Å². The van der Waals surface area contributed by atoms with Crippen molar-refractivity contribution in [2.75, 3.05) is 59.6 Å². The predicted octanol–water partition coefficient (Wildman–Crippen LogP) is -2.01. The Labute approximate surface area is 127 Å². The van der Waals surface area contributed by atoms with Gasteiger partial charge in [0, 0.05) is 5.56 Å². The highest BCUT2D eigenvalue weighted by atomic mass is 16.5. The van der Waals surface area contributed by atoms with Gasteiger partial charge in [0.25, 0.3) is 0 Å². The van der Waals surface area contributed by atoms with Crippen molar-refractivity contribution in [1.82, 2.24) is 0 Å². The molecule has 3 N–H and O–H groups in total. The fraction of sp³-hybridized carbons (Fsp3) is 0.625. The van der Waals surface area contributed by atoms with E-state index in [0.717, 1.165) is 24.5 Å². The molecular weight excluding hydrogens is 268 g/mol. The molecule has 2 rings (SSSR count). The lowest BCUT2D eigenvalue weighted by Gasteiger charge is -2.27. The number of hydrogen-bond acceptors (Lipinski definition) is 3. The van der Waals surface area contributed by atoms with Crippen LogP contribution in [-0.2, 0) is 11.3 Å². The Balaban J connectivity index is 1.54. The lowest BCUT2D eigenvalue weighted by molar-refractivity contribution is -1.00. The van der Waals surface area contributed by atoms with Crippen LogP contribution in [0.5, 0.6) is 5.75 Å². The first kappa shape index (κ1) is 16.2. The third kappa shape index (κ3) is 5.63. The molecule has 5 heteroatoms. The SMILES string of the molecule is C[NH+]1CC[NH+](CCOCCOc2ccccc2CO)CC1. The zero-order valence-electron chi connectivity index (χ0n) is 12.9. The highest BCUT2D eigenvalue weighted by Crippen LogP contribution is 2.17. The standard InChI is InChI=1S/C16H26N2O3/c1-17-6-8-18(9-7-17)10-11-20-12-13-21-16-5-3-2-4-15(16)14-19/h2-5,19H,6-14H2,1H3/p+2. The van der Waals surface area contributed by atoms with Gasteiger partial charge in [-0.3, -0.25) is 0 Å². The number of rotatable bonds is 8. The minimum absolute atomic E-state index is 0.00574. The summed E-state index contributed by atoms with van der Waals surface area (Å²) >= 11 is 0. The van der Waals surface area contributed by atoms with Gasteiger partial charge >= 0.3 is 0 Å². The minimum Gasteiger partial charge on any atom is -0.491 e. The third-order valence-corrected chi connectivity index (χ3v) is 4.04. The zero-order valence-corrected chi connectivity index (χ0v) is 12.9. The summed E-state index contributed by atoms with van der Waals surface area (Å²) < 4.78 is 11.3. The molecule has 1 aromatic carbocycles. The summed E-state index contributed by atoms with van der Waals surface area (Å²) in [6.07, 6.45) is 0. The van der Waals surface area contributed by atoms with Crippen LogP contribution >= 0.6 is 0 Å². The van der Waals surface area contributed by atoms with Crippen molar-refractivity contribution in [2.24, 2.45) is 0 Å². The lowest BCUT2D eigenvalue weighted by atomic mass is 10.2. The van der Waals surface area contributed by atoms with Gasteiger partial charge in [-0.1, -0.05) is 18.2 Å². The first-order valence-electron chi connectivity index (χ1n) is 7.84. The third-order valence-electron chi connectivity index (χ3n) is 4.04. The van der Waals surface area contributed by atoms with Crippen LogP contribution in [0.2, 0.25) is 0 Å². The summed E-state index contributed by atoms with van der Waals surface area (Å²) in [5.74, 6) is 0.747. The van der Waals surface area contributed by atoms with Crippen LogP contribution in [0, 0.1) is 0 Å². The van der Waals surface area contributed by atoms with E-state index in [2.05, 4.69) is 7.05 Å². The van der Waals surface area contributed by atoms with Crippen molar-refractivity contribution in [3.05, 3.63) is 29.8 Å². The molecule has 0 amide bonds. The maximum Gasteiger partial charge on any atom is 0.127 e. The number of nitrogens with one attached hydrogen (secondary N) is 2. The average molecular weight is 296 g/mol. The maximum atomic E-state index is 9.21. The summed E-state index contributed by atoms with van der Waals surface area (Å²) in [7, 11) is 2.26. The van der Waals surface area contributed by atoms with Gasteiger partial charge in [0.1, 0.15) is 45.1 Å². The largest absolute Gasteiger partial charge is 0.491 e. The van der Waals surface area contributed by atoms with E-state index in [4.69, 9.17) is 9.47 Å². The second kappa shape index (κ2) is 9.00. The van der Waals surface area contributed by atoms with Crippen molar-refractivity contribution >= 4 is 0 Å². The van der Waals surface area contributed by atoms with Crippen LogP contribution in [-0.4, -0.2) is 64.7 Å². The molecule has 21 heavy (non-hydrogen) atoms. The molecule has 1 saturated heterocycles. The van der Waals surface area contributed by atoms with Gasteiger partial charge in [0.2, 0.25) is 0 Å². The molecule has 5 nitrogen and oxygen atoms in total. The smallest absolute Gasteiger partial charge is 0.127 e. The first-order valence-corrected chi connectivity index (χ1v) is 7.84. The molecule has 0 unspecified atom stereocenters. The Bertz CT molecular complexity index is 406. The van der Waals surface area contributed by atoms with E-state index in [-0.39, 0.29) is 6.61 Å². The van der Waals surface area contributed by atoms with Crippen LogP contribution < -0.4 is 14.5 Å². The summed E-state index contributed by atoms with van der Waals surface area (Å²) in [6.45, 7) is 8.01. The molecule has 1 aliphatic rings. The number of para-hydroxylation sites is 1. The molecule has 1 heterocycles. The van der Waals surface area contributed by atoms with Gasteiger partial charge in [-0.25, -0.2) is 0 Å². The van der Waals surface area contributed by atoms with Gasteiger partial charge in [-0.05, 0) is 6.07 Å². The molecule has 0 aromatic heterocycles.